The number of carbonyl (C=O) groups excluding carboxylic acids is 1. The molecule has 1 heterocycles. The van der Waals surface area contributed by atoms with Crippen LogP contribution in [0.15, 0.2) is 0 Å². The fourth-order valence-corrected chi connectivity index (χ4v) is 3.59. The van der Waals surface area contributed by atoms with Crippen molar-refractivity contribution in [3.63, 3.8) is 0 Å². The maximum Gasteiger partial charge on any atom is 0.223 e. The van der Waals surface area contributed by atoms with Crippen LogP contribution in [0.2, 0.25) is 0 Å². The van der Waals surface area contributed by atoms with Gasteiger partial charge in [0.15, 0.2) is 0 Å². The van der Waals surface area contributed by atoms with Crippen LogP contribution in [0.25, 0.3) is 0 Å². The summed E-state index contributed by atoms with van der Waals surface area (Å²) in [5.41, 5.74) is 6.08. The van der Waals surface area contributed by atoms with Gasteiger partial charge in [-0.3, -0.25) is 4.79 Å². The fraction of sp³-hybridized carbons (Fsp3) is 0.933. The Bertz CT molecular complexity index is 280. The molecule has 1 saturated heterocycles. The van der Waals surface area contributed by atoms with E-state index in [0.29, 0.717) is 24.3 Å². The van der Waals surface area contributed by atoms with E-state index in [1.165, 1.54) is 32.1 Å². The molecule has 1 unspecified atom stereocenters. The predicted molar refractivity (Wildman–Crippen MR) is 74.2 cm³/mol. The highest BCUT2D eigenvalue weighted by Gasteiger charge is 2.30. The second-order valence-corrected chi connectivity index (χ2v) is 6.06. The molecule has 18 heavy (non-hydrogen) atoms. The zero-order chi connectivity index (χ0) is 13.0. The Morgan fingerprint density at radius 2 is 2.00 bits per heavy atom. The highest BCUT2D eigenvalue weighted by molar-refractivity contribution is 5.77. The first-order valence-corrected chi connectivity index (χ1v) is 7.77. The van der Waals surface area contributed by atoms with E-state index in [1.54, 1.807) is 0 Å². The summed E-state index contributed by atoms with van der Waals surface area (Å²) in [6.45, 7) is 3.18. The first kappa shape index (κ1) is 13.9. The minimum Gasteiger partial charge on any atom is -0.340 e. The van der Waals surface area contributed by atoms with Crippen LogP contribution in [0.3, 0.4) is 0 Å². The van der Waals surface area contributed by atoms with Crippen molar-refractivity contribution in [3.05, 3.63) is 0 Å². The quantitative estimate of drug-likeness (QED) is 0.839. The van der Waals surface area contributed by atoms with Crippen LogP contribution in [0.5, 0.6) is 0 Å². The van der Waals surface area contributed by atoms with Crippen molar-refractivity contribution in [2.75, 3.05) is 6.54 Å². The molecule has 0 bridgehead atoms. The molecule has 0 radical (unpaired) electrons. The van der Waals surface area contributed by atoms with Gasteiger partial charge in [-0.15, -0.1) is 0 Å². The maximum atomic E-state index is 12.5. The number of hydrogen-bond acceptors (Lipinski definition) is 2. The second kappa shape index (κ2) is 6.55. The molecule has 1 aliphatic carbocycles. The van der Waals surface area contributed by atoms with Crippen molar-refractivity contribution in [1.29, 1.82) is 0 Å². The van der Waals surface area contributed by atoms with E-state index >= 15 is 0 Å². The molecule has 0 aromatic heterocycles. The van der Waals surface area contributed by atoms with E-state index in [4.69, 9.17) is 5.73 Å². The molecule has 2 aliphatic rings. The molecule has 1 saturated carbocycles. The number of hydrogen-bond donors (Lipinski definition) is 1. The topological polar surface area (TPSA) is 46.3 Å². The number of rotatable bonds is 3. The largest absolute Gasteiger partial charge is 0.340 e. The summed E-state index contributed by atoms with van der Waals surface area (Å²) in [6, 6.07) is 0.749. The molecule has 1 aliphatic heterocycles. The summed E-state index contributed by atoms with van der Waals surface area (Å²) in [7, 11) is 0. The first-order valence-electron chi connectivity index (χ1n) is 7.77. The average Bonchev–Trinajstić information content (AvgIpc) is 2.66. The molecular weight excluding hydrogens is 224 g/mol. The molecule has 3 atom stereocenters. The third kappa shape index (κ3) is 3.25. The number of carbonyl (C=O) groups is 1. The van der Waals surface area contributed by atoms with Gasteiger partial charge in [0.1, 0.15) is 0 Å². The van der Waals surface area contributed by atoms with Crippen molar-refractivity contribution in [3.8, 4) is 0 Å². The lowest BCUT2D eigenvalue weighted by Crippen LogP contribution is -2.41. The normalized spacial score (nSPS) is 33.4. The molecule has 2 rings (SSSR count). The number of likely N-dealkylation sites (tertiary alicyclic amines) is 1. The summed E-state index contributed by atoms with van der Waals surface area (Å²) in [5.74, 6) is 0.810. The zero-order valence-corrected chi connectivity index (χ0v) is 11.7. The van der Waals surface area contributed by atoms with Crippen LogP contribution >= 0.6 is 0 Å². The molecule has 2 fully saturated rings. The summed E-state index contributed by atoms with van der Waals surface area (Å²) < 4.78 is 0. The van der Waals surface area contributed by atoms with Gasteiger partial charge in [0.2, 0.25) is 5.91 Å². The Morgan fingerprint density at radius 1 is 1.17 bits per heavy atom. The molecule has 104 valence electrons. The molecule has 3 nitrogen and oxygen atoms in total. The van der Waals surface area contributed by atoms with Crippen LogP contribution < -0.4 is 5.73 Å². The van der Waals surface area contributed by atoms with E-state index in [1.807, 2.05) is 0 Å². The lowest BCUT2D eigenvalue weighted by Gasteiger charge is -2.31. The number of nitrogens with zero attached hydrogens (tertiary/aromatic N) is 1. The molecule has 3 heteroatoms. The Labute approximate surface area is 111 Å². The summed E-state index contributed by atoms with van der Waals surface area (Å²) in [5, 5.41) is 0. The summed E-state index contributed by atoms with van der Waals surface area (Å²) >= 11 is 0. The lowest BCUT2D eigenvalue weighted by atomic mass is 9.98. The van der Waals surface area contributed by atoms with Gasteiger partial charge in [-0.25, -0.2) is 0 Å². The van der Waals surface area contributed by atoms with Crippen molar-refractivity contribution < 1.29 is 4.79 Å². The van der Waals surface area contributed by atoms with Crippen molar-refractivity contribution in [1.82, 2.24) is 4.90 Å². The molecule has 2 N–H and O–H groups in total. The number of amides is 1. The molecule has 0 aromatic carbocycles. The third-order valence-corrected chi connectivity index (χ3v) is 4.82. The second-order valence-electron chi connectivity index (χ2n) is 6.06. The zero-order valence-electron chi connectivity index (χ0n) is 11.7. The molecule has 1 amide bonds. The lowest BCUT2D eigenvalue weighted by molar-refractivity contribution is -0.134. The maximum absolute atomic E-state index is 12.5. The molecule has 0 spiro atoms. The Morgan fingerprint density at radius 3 is 2.67 bits per heavy atom. The fourth-order valence-electron chi connectivity index (χ4n) is 3.59. The monoisotopic (exact) mass is 252 g/mol. The van der Waals surface area contributed by atoms with E-state index in [-0.39, 0.29) is 6.04 Å². The van der Waals surface area contributed by atoms with Crippen LogP contribution in [-0.2, 0) is 4.79 Å². The smallest absolute Gasteiger partial charge is 0.223 e. The first-order chi connectivity index (χ1) is 8.72. The summed E-state index contributed by atoms with van der Waals surface area (Å²) in [6.07, 6.45) is 10.2. The average molecular weight is 252 g/mol. The van der Waals surface area contributed by atoms with E-state index in [0.717, 1.165) is 25.8 Å². The van der Waals surface area contributed by atoms with Gasteiger partial charge in [0.05, 0.1) is 0 Å². The predicted octanol–water partition coefficient (Wildman–Crippen LogP) is 2.69. The minimum atomic E-state index is 0.265. The third-order valence-electron chi connectivity index (χ3n) is 4.82. The molecular formula is C15H28N2O. The standard InChI is InChI=1S/C15H28N2O/c1-2-13-8-4-3-5-10-17(13)15(18)11-12-7-6-9-14(12)16/h12-14H,2-11,16H2,1H3/t12-,13?,14+/m0/s1. The summed E-state index contributed by atoms with van der Waals surface area (Å²) in [4.78, 5) is 14.7. The van der Waals surface area contributed by atoms with Crippen LogP contribution in [0.1, 0.15) is 64.7 Å². The van der Waals surface area contributed by atoms with Gasteiger partial charge < -0.3 is 10.6 Å². The minimum absolute atomic E-state index is 0.265. The van der Waals surface area contributed by atoms with Crippen LogP contribution in [-0.4, -0.2) is 29.4 Å². The van der Waals surface area contributed by atoms with Gasteiger partial charge in [0.25, 0.3) is 0 Å². The van der Waals surface area contributed by atoms with Gasteiger partial charge in [0, 0.05) is 25.0 Å². The SMILES string of the molecule is CCC1CCCCCN1C(=O)C[C@@H]1CCC[C@H]1N. The van der Waals surface area contributed by atoms with Gasteiger partial charge in [-0.2, -0.15) is 0 Å². The Balaban J connectivity index is 1.92. The van der Waals surface area contributed by atoms with E-state index in [9.17, 15) is 4.79 Å². The van der Waals surface area contributed by atoms with Crippen LogP contribution in [0, 0.1) is 5.92 Å². The van der Waals surface area contributed by atoms with E-state index in [2.05, 4.69) is 11.8 Å². The van der Waals surface area contributed by atoms with Crippen molar-refractivity contribution >= 4 is 5.91 Å². The highest BCUT2D eigenvalue weighted by atomic mass is 16.2. The van der Waals surface area contributed by atoms with Crippen molar-refractivity contribution in [2.24, 2.45) is 11.7 Å². The van der Waals surface area contributed by atoms with Crippen LogP contribution in [0.4, 0.5) is 0 Å². The highest BCUT2D eigenvalue weighted by Crippen LogP contribution is 2.29. The van der Waals surface area contributed by atoms with Gasteiger partial charge in [-0.05, 0) is 38.0 Å². The van der Waals surface area contributed by atoms with Crippen molar-refractivity contribution in [2.45, 2.75) is 76.8 Å². The van der Waals surface area contributed by atoms with Gasteiger partial charge >= 0.3 is 0 Å². The Hall–Kier alpha value is -0.570. The molecule has 0 aromatic rings. The van der Waals surface area contributed by atoms with Gasteiger partial charge in [-0.1, -0.05) is 26.2 Å². The van der Waals surface area contributed by atoms with E-state index < -0.39 is 0 Å². The Kier molecular flexibility index (Phi) is 5.04. The number of nitrogens with two attached hydrogens (primary N) is 1.